The molecular weight excluding hydrogens is 256 g/mol. The smallest absolute Gasteiger partial charge is 0.125 e. The summed E-state index contributed by atoms with van der Waals surface area (Å²) in [5.74, 6) is 0.943. The molecule has 1 saturated heterocycles. The van der Waals surface area contributed by atoms with Crippen molar-refractivity contribution < 1.29 is 0 Å². The van der Waals surface area contributed by atoms with Gasteiger partial charge in [0.2, 0.25) is 0 Å². The van der Waals surface area contributed by atoms with Crippen LogP contribution in [0.5, 0.6) is 0 Å². The summed E-state index contributed by atoms with van der Waals surface area (Å²) in [5, 5.41) is 6.36. The van der Waals surface area contributed by atoms with Gasteiger partial charge in [-0.3, -0.25) is 4.90 Å². The van der Waals surface area contributed by atoms with E-state index in [9.17, 15) is 0 Å². The number of hydrogen-bond acceptors (Lipinski definition) is 5. The molecule has 2 aromatic heterocycles. The zero-order valence-electron chi connectivity index (χ0n) is 11.0. The average molecular weight is 274 g/mol. The lowest BCUT2D eigenvalue weighted by molar-refractivity contribution is 0.248. The molecule has 0 aliphatic carbocycles. The Balaban J connectivity index is 1.78. The Morgan fingerprint density at radius 2 is 2.37 bits per heavy atom. The van der Waals surface area contributed by atoms with E-state index in [1.807, 2.05) is 24.8 Å². The van der Waals surface area contributed by atoms with E-state index in [0.29, 0.717) is 6.04 Å². The highest BCUT2D eigenvalue weighted by Gasteiger charge is 2.26. The first-order valence-corrected chi connectivity index (χ1v) is 7.51. The van der Waals surface area contributed by atoms with Crippen LogP contribution in [-0.2, 0) is 6.54 Å². The number of hydrogen-bond donors (Lipinski definition) is 1. The van der Waals surface area contributed by atoms with Gasteiger partial charge in [-0.15, -0.1) is 11.3 Å². The van der Waals surface area contributed by atoms with Gasteiger partial charge in [-0.25, -0.2) is 9.97 Å². The second-order valence-electron chi connectivity index (χ2n) is 4.78. The van der Waals surface area contributed by atoms with Gasteiger partial charge in [0.1, 0.15) is 10.8 Å². The molecule has 1 N–H and O–H groups in total. The Hall–Kier alpha value is -1.46. The van der Waals surface area contributed by atoms with Crippen molar-refractivity contribution in [1.82, 2.24) is 14.9 Å². The van der Waals surface area contributed by atoms with Gasteiger partial charge < -0.3 is 5.32 Å². The van der Waals surface area contributed by atoms with E-state index in [2.05, 4.69) is 32.3 Å². The maximum absolute atomic E-state index is 4.39. The molecule has 2 aromatic rings. The molecule has 1 atom stereocenters. The van der Waals surface area contributed by atoms with E-state index < -0.39 is 0 Å². The monoisotopic (exact) mass is 274 g/mol. The van der Waals surface area contributed by atoms with Gasteiger partial charge in [-0.1, -0.05) is 0 Å². The Bertz CT molecular complexity index is 526. The van der Waals surface area contributed by atoms with Crippen molar-refractivity contribution in [3.63, 3.8) is 0 Å². The summed E-state index contributed by atoms with van der Waals surface area (Å²) >= 11 is 1.74. The molecule has 0 radical (unpaired) electrons. The highest BCUT2D eigenvalue weighted by molar-refractivity contribution is 7.09. The third-order valence-electron chi connectivity index (χ3n) is 3.61. The second kappa shape index (κ2) is 5.67. The molecule has 0 spiro atoms. The number of thiazole rings is 1. The third kappa shape index (κ3) is 2.77. The molecule has 1 aliphatic rings. The first-order valence-electron chi connectivity index (χ1n) is 6.63. The van der Waals surface area contributed by atoms with Crippen molar-refractivity contribution in [2.45, 2.75) is 25.4 Å². The Kier molecular flexibility index (Phi) is 3.75. The van der Waals surface area contributed by atoms with Crippen LogP contribution in [0.4, 0.5) is 5.82 Å². The fraction of sp³-hybridized carbons (Fsp3) is 0.429. The summed E-state index contributed by atoms with van der Waals surface area (Å²) in [6.45, 7) is 2.11. The van der Waals surface area contributed by atoms with Crippen LogP contribution in [0.2, 0.25) is 0 Å². The molecule has 1 fully saturated rings. The molecule has 1 unspecified atom stereocenters. The molecule has 0 saturated carbocycles. The minimum atomic E-state index is 0.499. The van der Waals surface area contributed by atoms with Crippen LogP contribution in [-0.4, -0.2) is 28.5 Å². The van der Waals surface area contributed by atoms with E-state index >= 15 is 0 Å². The van der Waals surface area contributed by atoms with Crippen LogP contribution >= 0.6 is 11.3 Å². The molecular formula is C14H18N4S. The third-order valence-corrected chi connectivity index (χ3v) is 4.37. The van der Waals surface area contributed by atoms with Crippen LogP contribution in [0.1, 0.15) is 29.5 Å². The van der Waals surface area contributed by atoms with Gasteiger partial charge in [-0.05, 0) is 37.1 Å². The fourth-order valence-corrected chi connectivity index (χ4v) is 3.33. The van der Waals surface area contributed by atoms with Gasteiger partial charge in [0.05, 0.1) is 6.54 Å². The van der Waals surface area contributed by atoms with Crippen LogP contribution in [0, 0.1) is 0 Å². The van der Waals surface area contributed by atoms with Gasteiger partial charge >= 0.3 is 0 Å². The van der Waals surface area contributed by atoms with E-state index in [0.717, 1.165) is 18.9 Å². The fourth-order valence-electron chi connectivity index (χ4n) is 2.69. The molecule has 1 aliphatic heterocycles. The summed E-state index contributed by atoms with van der Waals surface area (Å²) < 4.78 is 0. The van der Waals surface area contributed by atoms with E-state index in [-0.39, 0.29) is 0 Å². The number of likely N-dealkylation sites (tertiary alicyclic amines) is 1. The minimum absolute atomic E-state index is 0.499. The number of anilines is 1. The molecule has 0 bridgehead atoms. The molecule has 0 aromatic carbocycles. The van der Waals surface area contributed by atoms with Crippen molar-refractivity contribution in [2.75, 3.05) is 18.9 Å². The van der Waals surface area contributed by atoms with Crippen molar-refractivity contribution >= 4 is 17.2 Å². The number of aromatic nitrogens is 2. The summed E-state index contributed by atoms with van der Waals surface area (Å²) in [6.07, 6.45) is 6.25. The zero-order valence-corrected chi connectivity index (χ0v) is 11.9. The predicted octanol–water partition coefficient (Wildman–Crippen LogP) is 2.92. The largest absolute Gasteiger partial charge is 0.373 e. The highest BCUT2D eigenvalue weighted by atomic mass is 32.1. The van der Waals surface area contributed by atoms with Gasteiger partial charge in [0.25, 0.3) is 0 Å². The molecule has 3 rings (SSSR count). The summed E-state index contributed by atoms with van der Waals surface area (Å²) in [4.78, 5) is 11.2. The van der Waals surface area contributed by atoms with Gasteiger partial charge in [-0.2, -0.15) is 0 Å². The van der Waals surface area contributed by atoms with E-state index in [1.165, 1.54) is 23.4 Å². The SMILES string of the molecule is CNc1cc(C2CCCN2Cc2nccs2)ccn1. The van der Waals surface area contributed by atoms with Crippen LogP contribution in [0.3, 0.4) is 0 Å². The number of nitrogens with one attached hydrogen (secondary N) is 1. The second-order valence-corrected chi connectivity index (χ2v) is 5.76. The van der Waals surface area contributed by atoms with Crippen molar-refractivity contribution in [2.24, 2.45) is 0 Å². The maximum atomic E-state index is 4.39. The molecule has 3 heterocycles. The van der Waals surface area contributed by atoms with Gasteiger partial charge in [0, 0.05) is 30.9 Å². The van der Waals surface area contributed by atoms with Gasteiger partial charge in [0.15, 0.2) is 0 Å². The topological polar surface area (TPSA) is 41.0 Å². The quantitative estimate of drug-likeness (QED) is 0.930. The molecule has 100 valence electrons. The lowest BCUT2D eigenvalue weighted by Crippen LogP contribution is -2.22. The lowest BCUT2D eigenvalue weighted by Gasteiger charge is -2.24. The summed E-state index contributed by atoms with van der Waals surface area (Å²) in [5.41, 5.74) is 1.36. The number of rotatable bonds is 4. The molecule has 4 nitrogen and oxygen atoms in total. The highest BCUT2D eigenvalue weighted by Crippen LogP contribution is 2.33. The predicted molar refractivity (Wildman–Crippen MR) is 78.3 cm³/mol. The lowest BCUT2D eigenvalue weighted by atomic mass is 10.1. The Labute approximate surface area is 117 Å². The van der Waals surface area contributed by atoms with E-state index in [1.54, 1.807) is 11.3 Å². The summed E-state index contributed by atoms with van der Waals surface area (Å²) in [6, 6.07) is 4.79. The van der Waals surface area contributed by atoms with Crippen molar-refractivity contribution in [3.8, 4) is 0 Å². The molecule has 0 amide bonds. The number of pyridine rings is 1. The minimum Gasteiger partial charge on any atom is -0.373 e. The van der Waals surface area contributed by atoms with Crippen molar-refractivity contribution in [1.29, 1.82) is 0 Å². The Morgan fingerprint density at radius 3 is 3.16 bits per heavy atom. The first-order chi connectivity index (χ1) is 9.36. The van der Waals surface area contributed by atoms with Crippen molar-refractivity contribution in [3.05, 3.63) is 40.5 Å². The van der Waals surface area contributed by atoms with E-state index in [4.69, 9.17) is 0 Å². The Morgan fingerprint density at radius 1 is 1.42 bits per heavy atom. The standard InChI is InChI=1S/C14H18N4S/c1-15-13-9-11(4-5-16-13)12-3-2-7-18(12)10-14-17-6-8-19-14/h4-6,8-9,12H,2-3,7,10H2,1H3,(H,15,16). The zero-order chi connectivity index (χ0) is 13.1. The normalized spacial score (nSPS) is 19.7. The maximum Gasteiger partial charge on any atom is 0.125 e. The van der Waals surface area contributed by atoms with Crippen LogP contribution in [0.25, 0.3) is 0 Å². The first kappa shape index (κ1) is 12.6. The average Bonchev–Trinajstić information content (AvgIpc) is 3.11. The molecule has 19 heavy (non-hydrogen) atoms. The van der Waals surface area contributed by atoms with Crippen LogP contribution < -0.4 is 5.32 Å². The molecule has 5 heteroatoms. The number of nitrogens with zero attached hydrogens (tertiary/aromatic N) is 3. The summed E-state index contributed by atoms with van der Waals surface area (Å²) in [7, 11) is 1.91. The van der Waals surface area contributed by atoms with Crippen LogP contribution in [0.15, 0.2) is 29.9 Å².